The zero-order valence-electron chi connectivity index (χ0n) is 9.60. The molecule has 1 rings (SSSR count). The van der Waals surface area contributed by atoms with Gasteiger partial charge in [-0.3, -0.25) is 10.1 Å². The van der Waals surface area contributed by atoms with Crippen LogP contribution in [0.15, 0.2) is 11.8 Å². The first-order valence-electron chi connectivity index (χ1n) is 5.49. The van der Waals surface area contributed by atoms with Gasteiger partial charge in [-0.2, -0.15) is 0 Å². The van der Waals surface area contributed by atoms with Crippen molar-refractivity contribution in [2.75, 3.05) is 0 Å². The molecule has 2 atom stereocenters. The number of rotatable bonds is 4. The highest BCUT2D eigenvalue weighted by molar-refractivity contribution is 4.99. The Hall–Kier alpha value is -0.900. The van der Waals surface area contributed by atoms with Gasteiger partial charge in [-0.15, -0.1) is 0 Å². The Bertz CT molecular complexity index is 261. The molecule has 1 aliphatic heterocycles. The van der Waals surface area contributed by atoms with Gasteiger partial charge >= 0.3 is 0 Å². The first kappa shape index (κ1) is 12.2. The molecule has 0 bridgehead atoms. The topological polar surface area (TPSA) is 52.4 Å². The maximum absolute atomic E-state index is 10.8. The Kier molecular flexibility index (Phi) is 4.27. The summed E-state index contributed by atoms with van der Waals surface area (Å²) in [5.74, 6) is 0.306. The first-order chi connectivity index (χ1) is 6.99. The second-order valence-electron chi connectivity index (χ2n) is 4.58. The van der Waals surface area contributed by atoms with Crippen LogP contribution in [0.25, 0.3) is 0 Å². The molecule has 1 fully saturated rings. The fourth-order valence-corrected chi connectivity index (χ4v) is 1.79. The lowest BCUT2D eigenvalue weighted by atomic mass is 10.1. The quantitative estimate of drug-likeness (QED) is 0.533. The lowest BCUT2D eigenvalue weighted by Gasteiger charge is -2.07. The van der Waals surface area contributed by atoms with E-state index < -0.39 is 0 Å². The van der Waals surface area contributed by atoms with Crippen LogP contribution < -0.4 is 0 Å². The summed E-state index contributed by atoms with van der Waals surface area (Å²) < 4.78 is 5.54. The summed E-state index contributed by atoms with van der Waals surface area (Å²) in [6.07, 6.45) is 4.27. The van der Waals surface area contributed by atoms with Gasteiger partial charge in [-0.05, 0) is 25.7 Å². The molecular formula is C11H19NO3. The molecule has 1 aliphatic rings. The summed E-state index contributed by atoms with van der Waals surface area (Å²) in [6.45, 7) is 5.97. The normalized spacial score (nSPS) is 27.3. The maximum atomic E-state index is 10.8. The highest BCUT2D eigenvalue weighted by atomic mass is 16.6. The molecule has 0 aromatic rings. The van der Waals surface area contributed by atoms with Gasteiger partial charge in [0, 0.05) is 12.5 Å². The minimum Gasteiger partial charge on any atom is -0.371 e. The number of hydrogen-bond acceptors (Lipinski definition) is 3. The van der Waals surface area contributed by atoms with Crippen molar-refractivity contribution < 1.29 is 9.66 Å². The van der Waals surface area contributed by atoms with Crippen molar-refractivity contribution in [2.24, 2.45) is 5.92 Å². The van der Waals surface area contributed by atoms with E-state index in [2.05, 4.69) is 0 Å². The predicted molar refractivity (Wildman–Crippen MR) is 58.1 cm³/mol. The van der Waals surface area contributed by atoms with Gasteiger partial charge < -0.3 is 4.74 Å². The van der Waals surface area contributed by atoms with Crippen LogP contribution in [-0.2, 0) is 4.74 Å². The van der Waals surface area contributed by atoms with Gasteiger partial charge in [0.15, 0.2) is 0 Å². The SMILES string of the molecule is CC(C)C/C(=C/C1CCC(C)O1)[N+](=O)[O-]. The van der Waals surface area contributed by atoms with Gasteiger partial charge in [0.25, 0.3) is 0 Å². The Balaban J connectivity index is 2.62. The van der Waals surface area contributed by atoms with Crippen molar-refractivity contribution in [3.05, 3.63) is 21.9 Å². The van der Waals surface area contributed by atoms with Gasteiger partial charge in [-0.1, -0.05) is 13.8 Å². The average Bonchev–Trinajstić information content (AvgIpc) is 2.49. The average molecular weight is 213 g/mol. The third-order valence-corrected chi connectivity index (χ3v) is 2.49. The molecule has 0 aromatic carbocycles. The van der Waals surface area contributed by atoms with E-state index in [1.54, 1.807) is 6.08 Å². The molecule has 1 saturated heterocycles. The number of allylic oxidation sites excluding steroid dienone is 1. The van der Waals surface area contributed by atoms with Crippen molar-refractivity contribution in [3.8, 4) is 0 Å². The van der Waals surface area contributed by atoms with E-state index >= 15 is 0 Å². The van der Waals surface area contributed by atoms with Crippen molar-refractivity contribution in [1.29, 1.82) is 0 Å². The summed E-state index contributed by atoms with van der Waals surface area (Å²) in [5.41, 5.74) is 0.295. The Labute approximate surface area is 90.5 Å². The largest absolute Gasteiger partial charge is 0.371 e. The zero-order chi connectivity index (χ0) is 11.4. The second-order valence-corrected chi connectivity index (χ2v) is 4.58. The molecule has 0 saturated carbocycles. The third kappa shape index (κ3) is 4.00. The fourth-order valence-electron chi connectivity index (χ4n) is 1.79. The molecule has 0 aromatic heterocycles. The molecule has 0 spiro atoms. The van der Waals surface area contributed by atoms with Crippen LogP contribution in [0.2, 0.25) is 0 Å². The molecule has 4 nitrogen and oxygen atoms in total. The van der Waals surface area contributed by atoms with Gasteiger partial charge in [0.2, 0.25) is 5.70 Å². The number of ether oxygens (including phenoxy) is 1. The van der Waals surface area contributed by atoms with E-state index in [9.17, 15) is 10.1 Å². The van der Waals surface area contributed by atoms with Gasteiger partial charge in [-0.25, -0.2) is 0 Å². The highest BCUT2D eigenvalue weighted by Gasteiger charge is 2.23. The molecule has 2 unspecified atom stereocenters. The minimum absolute atomic E-state index is 0.0563. The van der Waals surface area contributed by atoms with Crippen LogP contribution in [0, 0.1) is 16.0 Å². The molecule has 86 valence electrons. The summed E-state index contributed by atoms with van der Waals surface area (Å²) in [7, 11) is 0. The van der Waals surface area contributed by atoms with Crippen LogP contribution in [0.3, 0.4) is 0 Å². The van der Waals surface area contributed by atoms with Crippen LogP contribution in [0.5, 0.6) is 0 Å². The van der Waals surface area contributed by atoms with E-state index in [4.69, 9.17) is 4.74 Å². The van der Waals surface area contributed by atoms with Crippen molar-refractivity contribution >= 4 is 0 Å². The molecule has 0 aliphatic carbocycles. The molecule has 0 radical (unpaired) electrons. The predicted octanol–water partition coefficient (Wildman–Crippen LogP) is 2.76. The van der Waals surface area contributed by atoms with Crippen LogP contribution >= 0.6 is 0 Å². The van der Waals surface area contributed by atoms with Crippen molar-refractivity contribution in [3.63, 3.8) is 0 Å². The monoisotopic (exact) mass is 213 g/mol. The summed E-state index contributed by atoms with van der Waals surface area (Å²) >= 11 is 0. The van der Waals surface area contributed by atoms with Gasteiger partial charge in [0.05, 0.1) is 17.1 Å². The molecular weight excluding hydrogens is 194 g/mol. The van der Waals surface area contributed by atoms with E-state index in [-0.39, 0.29) is 17.1 Å². The van der Waals surface area contributed by atoms with E-state index in [0.29, 0.717) is 18.0 Å². The first-order valence-corrected chi connectivity index (χ1v) is 5.49. The van der Waals surface area contributed by atoms with Gasteiger partial charge in [0.1, 0.15) is 0 Å². The minimum atomic E-state index is -0.285. The summed E-state index contributed by atoms with van der Waals surface area (Å²) in [5, 5.41) is 10.8. The number of hydrogen-bond donors (Lipinski definition) is 0. The van der Waals surface area contributed by atoms with E-state index in [0.717, 1.165) is 12.8 Å². The summed E-state index contributed by atoms with van der Waals surface area (Å²) in [6, 6.07) is 0. The number of nitrogens with zero attached hydrogens (tertiary/aromatic N) is 1. The van der Waals surface area contributed by atoms with E-state index in [1.165, 1.54) is 0 Å². The summed E-state index contributed by atoms with van der Waals surface area (Å²) in [4.78, 5) is 10.5. The molecule has 0 N–H and O–H groups in total. The lowest BCUT2D eigenvalue weighted by molar-refractivity contribution is -0.429. The van der Waals surface area contributed by atoms with E-state index in [1.807, 2.05) is 20.8 Å². The standard InChI is InChI=1S/C11H19NO3/c1-8(2)6-10(12(13)14)7-11-5-4-9(3)15-11/h7-9,11H,4-6H2,1-3H3/b10-7-. The molecule has 15 heavy (non-hydrogen) atoms. The Morgan fingerprint density at radius 1 is 1.60 bits per heavy atom. The van der Waals surface area contributed by atoms with Crippen LogP contribution in [-0.4, -0.2) is 17.1 Å². The fraction of sp³-hybridized carbons (Fsp3) is 0.818. The third-order valence-electron chi connectivity index (χ3n) is 2.49. The van der Waals surface area contributed by atoms with Crippen molar-refractivity contribution in [2.45, 2.75) is 52.2 Å². The molecule has 0 amide bonds. The Morgan fingerprint density at radius 2 is 2.27 bits per heavy atom. The zero-order valence-corrected chi connectivity index (χ0v) is 9.60. The molecule has 1 heterocycles. The maximum Gasteiger partial charge on any atom is 0.245 e. The smallest absolute Gasteiger partial charge is 0.245 e. The Morgan fingerprint density at radius 3 is 2.67 bits per heavy atom. The van der Waals surface area contributed by atoms with Crippen molar-refractivity contribution in [1.82, 2.24) is 0 Å². The molecule has 4 heteroatoms. The number of nitro groups is 1. The lowest BCUT2D eigenvalue weighted by Crippen LogP contribution is -2.10. The highest BCUT2D eigenvalue weighted by Crippen LogP contribution is 2.22. The second kappa shape index (κ2) is 5.26. The van der Waals surface area contributed by atoms with Crippen LogP contribution in [0.1, 0.15) is 40.0 Å². The van der Waals surface area contributed by atoms with Crippen LogP contribution in [0.4, 0.5) is 0 Å².